The Balaban J connectivity index is 2.16. The zero-order valence-corrected chi connectivity index (χ0v) is 11.5. The smallest absolute Gasteiger partial charge is 0.404 e. The van der Waals surface area contributed by atoms with Gasteiger partial charge in [-0.15, -0.1) is 0 Å². The van der Waals surface area contributed by atoms with Crippen molar-refractivity contribution in [1.82, 2.24) is 0 Å². The van der Waals surface area contributed by atoms with Crippen molar-refractivity contribution in [2.75, 3.05) is 0 Å². The predicted octanol–water partition coefficient (Wildman–Crippen LogP) is 3.29. The lowest BCUT2D eigenvalue weighted by Crippen LogP contribution is -2.50. The number of ether oxygens (including phenoxy) is 1. The number of hydrogen-bond acceptors (Lipinski definition) is 3. The molecule has 1 aliphatic rings. The van der Waals surface area contributed by atoms with Crippen LogP contribution in [0.25, 0.3) is 0 Å². The maximum atomic E-state index is 12.9. The highest BCUT2D eigenvalue weighted by molar-refractivity contribution is 5.76. The van der Waals surface area contributed by atoms with E-state index in [9.17, 15) is 18.0 Å². The highest BCUT2D eigenvalue weighted by Crippen LogP contribution is 2.37. The summed E-state index contributed by atoms with van der Waals surface area (Å²) in [5.41, 5.74) is 5.30. The van der Waals surface area contributed by atoms with Crippen LogP contribution in [0.5, 0.6) is 5.75 Å². The lowest BCUT2D eigenvalue weighted by molar-refractivity contribution is -0.175. The molecule has 2 N–H and O–H groups in total. The Morgan fingerprint density at radius 1 is 1.19 bits per heavy atom. The topological polar surface area (TPSA) is 52.3 Å². The summed E-state index contributed by atoms with van der Waals surface area (Å²) in [6.45, 7) is 0. The van der Waals surface area contributed by atoms with E-state index in [1.165, 1.54) is 12.1 Å². The van der Waals surface area contributed by atoms with Gasteiger partial charge in [0.25, 0.3) is 0 Å². The summed E-state index contributed by atoms with van der Waals surface area (Å²) in [6, 6.07) is 5.91. The van der Waals surface area contributed by atoms with Crippen LogP contribution < -0.4 is 10.5 Å². The van der Waals surface area contributed by atoms with Crippen molar-refractivity contribution in [1.29, 1.82) is 0 Å². The largest absolute Gasteiger partial charge is 0.426 e. The molecule has 2 rings (SSSR count). The minimum atomic E-state index is -4.61. The van der Waals surface area contributed by atoms with Gasteiger partial charge in [-0.1, -0.05) is 31.0 Å². The first-order valence-electron chi connectivity index (χ1n) is 6.98. The van der Waals surface area contributed by atoms with Crippen molar-refractivity contribution in [2.45, 2.75) is 37.9 Å². The Morgan fingerprint density at radius 3 is 2.29 bits per heavy atom. The number of benzene rings is 1. The molecule has 0 aliphatic heterocycles. The Bertz CT molecular complexity index is 470. The number of alkyl halides is 3. The third-order valence-electron chi connectivity index (χ3n) is 3.91. The number of para-hydroxylation sites is 1. The van der Waals surface area contributed by atoms with Crippen LogP contribution in [-0.2, 0) is 4.79 Å². The molecule has 0 amide bonds. The van der Waals surface area contributed by atoms with Crippen LogP contribution in [0, 0.1) is 11.8 Å². The van der Waals surface area contributed by atoms with Gasteiger partial charge in [-0.25, -0.2) is 0 Å². The average Bonchev–Trinajstić information content (AvgIpc) is 2.92. The fourth-order valence-electron chi connectivity index (χ4n) is 2.83. The zero-order chi connectivity index (χ0) is 15.5. The molecule has 0 unspecified atom stereocenters. The van der Waals surface area contributed by atoms with Crippen molar-refractivity contribution in [2.24, 2.45) is 17.6 Å². The van der Waals surface area contributed by atoms with E-state index >= 15 is 0 Å². The fourth-order valence-corrected chi connectivity index (χ4v) is 2.83. The van der Waals surface area contributed by atoms with Gasteiger partial charge in [0.15, 0.2) is 0 Å². The van der Waals surface area contributed by atoms with Gasteiger partial charge in [0.1, 0.15) is 11.8 Å². The monoisotopic (exact) mass is 301 g/mol. The molecule has 0 heterocycles. The summed E-state index contributed by atoms with van der Waals surface area (Å²) >= 11 is 0. The molecule has 116 valence electrons. The number of nitrogens with two attached hydrogens (primary N) is 1. The highest BCUT2D eigenvalue weighted by atomic mass is 19.4. The van der Waals surface area contributed by atoms with E-state index in [0.717, 1.165) is 12.8 Å². The molecule has 1 fully saturated rings. The molecule has 0 spiro atoms. The van der Waals surface area contributed by atoms with E-state index in [-0.39, 0.29) is 11.7 Å². The Kier molecular flexibility index (Phi) is 4.88. The Hall–Kier alpha value is -1.56. The second-order valence-electron chi connectivity index (χ2n) is 5.37. The van der Waals surface area contributed by atoms with Crippen molar-refractivity contribution >= 4 is 5.97 Å². The van der Waals surface area contributed by atoms with Crippen LogP contribution in [0.2, 0.25) is 0 Å². The van der Waals surface area contributed by atoms with Crippen LogP contribution in [0.3, 0.4) is 0 Å². The molecule has 0 radical (unpaired) electrons. The average molecular weight is 301 g/mol. The first-order chi connectivity index (χ1) is 9.89. The number of halogens is 3. The van der Waals surface area contributed by atoms with E-state index < -0.39 is 24.1 Å². The molecule has 3 nitrogen and oxygen atoms in total. The van der Waals surface area contributed by atoms with Crippen LogP contribution >= 0.6 is 0 Å². The fraction of sp³-hybridized carbons (Fsp3) is 0.533. The summed E-state index contributed by atoms with van der Waals surface area (Å²) in [6.07, 6.45) is -1.80. The first kappa shape index (κ1) is 15.8. The number of rotatable bonds is 4. The van der Waals surface area contributed by atoms with Crippen LogP contribution in [-0.4, -0.2) is 18.2 Å². The molecule has 21 heavy (non-hydrogen) atoms. The van der Waals surface area contributed by atoms with Gasteiger partial charge in [0, 0.05) is 0 Å². The SMILES string of the molecule is N[C@H]([C@H](C(=O)Oc1ccccc1)C1CCCC1)C(F)(F)F. The van der Waals surface area contributed by atoms with Gasteiger partial charge in [0.05, 0.1) is 5.92 Å². The predicted molar refractivity (Wildman–Crippen MR) is 71.6 cm³/mol. The third kappa shape index (κ3) is 3.97. The minimum absolute atomic E-state index is 0.236. The molecule has 0 bridgehead atoms. The molecule has 0 saturated heterocycles. The Labute approximate surface area is 121 Å². The molecule has 1 aromatic carbocycles. The highest BCUT2D eigenvalue weighted by Gasteiger charge is 2.49. The first-order valence-corrected chi connectivity index (χ1v) is 6.98. The molecule has 1 aliphatic carbocycles. The van der Waals surface area contributed by atoms with Gasteiger partial charge in [-0.2, -0.15) is 13.2 Å². The summed E-state index contributed by atoms with van der Waals surface area (Å²) in [5, 5.41) is 0. The molecule has 2 atom stereocenters. The molecular formula is C15H18F3NO2. The van der Waals surface area contributed by atoms with Gasteiger partial charge in [0.2, 0.25) is 0 Å². The molecule has 1 saturated carbocycles. The number of esters is 1. The van der Waals surface area contributed by atoms with E-state index in [0.29, 0.717) is 12.8 Å². The second-order valence-corrected chi connectivity index (χ2v) is 5.37. The molecule has 1 aromatic rings. The van der Waals surface area contributed by atoms with Crippen molar-refractivity contribution in [3.05, 3.63) is 30.3 Å². The zero-order valence-electron chi connectivity index (χ0n) is 11.5. The maximum Gasteiger partial charge on any atom is 0.404 e. The summed E-state index contributed by atoms with van der Waals surface area (Å²) < 4.78 is 43.8. The number of carbonyl (C=O) groups excluding carboxylic acids is 1. The second kappa shape index (κ2) is 6.47. The van der Waals surface area contributed by atoms with E-state index in [2.05, 4.69) is 0 Å². The third-order valence-corrected chi connectivity index (χ3v) is 3.91. The van der Waals surface area contributed by atoms with Crippen LogP contribution in [0.1, 0.15) is 25.7 Å². The lowest BCUT2D eigenvalue weighted by Gasteiger charge is -2.28. The van der Waals surface area contributed by atoms with Gasteiger partial charge in [-0.3, -0.25) is 4.79 Å². The van der Waals surface area contributed by atoms with Gasteiger partial charge < -0.3 is 10.5 Å². The molecular weight excluding hydrogens is 283 g/mol. The van der Waals surface area contributed by atoms with Crippen LogP contribution in [0.15, 0.2) is 30.3 Å². The van der Waals surface area contributed by atoms with E-state index in [4.69, 9.17) is 10.5 Å². The summed E-state index contributed by atoms with van der Waals surface area (Å²) in [4.78, 5) is 12.2. The minimum Gasteiger partial charge on any atom is -0.426 e. The number of carbonyl (C=O) groups is 1. The summed E-state index contributed by atoms with van der Waals surface area (Å²) in [7, 11) is 0. The lowest BCUT2D eigenvalue weighted by atomic mass is 9.84. The molecule has 0 aromatic heterocycles. The van der Waals surface area contributed by atoms with Crippen LogP contribution in [0.4, 0.5) is 13.2 Å². The van der Waals surface area contributed by atoms with E-state index in [1.807, 2.05) is 0 Å². The Morgan fingerprint density at radius 2 is 1.76 bits per heavy atom. The van der Waals surface area contributed by atoms with Crippen molar-refractivity contribution < 1.29 is 22.7 Å². The number of hydrogen-bond donors (Lipinski definition) is 1. The van der Waals surface area contributed by atoms with Gasteiger partial charge >= 0.3 is 12.1 Å². The van der Waals surface area contributed by atoms with Crippen molar-refractivity contribution in [3.8, 4) is 5.75 Å². The summed E-state index contributed by atoms with van der Waals surface area (Å²) in [5.74, 6) is -2.36. The van der Waals surface area contributed by atoms with Crippen molar-refractivity contribution in [3.63, 3.8) is 0 Å². The maximum absolute atomic E-state index is 12.9. The molecule has 6 heteroatoms. The standard InChI is InChI=1S/C15H18F3NO2/c16-15(17,18)13(19)12(10-6-4-5-7-10)14(20)21-11-8-2-1-3-9-11/h1-3,8-10,12-13H,4-7,19H2/t12-,13-/m1/s1. The quantitative estimate of drug-likeness (QED) is 0.686. The van der Waals surface area contributed by atoms with E-state index in [1.54, 1.807) is 18.2 Å². The van der Waals surface area contributed by atoms with Gasteiger partial charge in [-0.05, 0) is 30.9 Å². The normalized spacial score (nSPS) is 19.2.